The fourth-order valence-corrected chi connectivity index (χ4v) is 3.59. The Morgan fingerprint density at radius 1 is 1.00 bits per heavy atom. The van der Waals surface area contributed by atoms with Gasteiger partial charge in [0.05, 0.1) is 11.6 Å². The molecule has 0 aliphatic rings. The molecule has 0 bridgehead atoms. The summed E-state index contributed by atoms with van der Waals surface area (Å²) in [6, 6.07) is 11.6. The molecule has 0 saturated carbocycles. The first-order valence-electron chi connectivity index (χ1n) is 9.91. The summed E-state index contributed by atoms with van der Waals surface area (Å²) in [7, 11) is 0. The van der Waals surface area contributed by atoms with Crippen LogP contribution in [0.3, 0.4) is 0 Å². The quantitative estimate of drug-likeness (QED) is 0.370. The average Bonchev–Trinajstić information content (AvgIpc) is 3.51. The first-order valence-corrected chi connectivity index (χ1v) is 9.91. The molecule has 3 N–H and O–H groups in total. The van der Waals surface area contributed by atoms with E-state index in [9.17, 15) is 9.90 Å². The molecular weight excluding hydrogens is 398 g/mol. The van der Waals surface area contributed by atoms with Crippen molar-refractivity contribution in [1.82, 2.24) is 46.2 Å². The van der Waals surface area contributed by atoms with Crippen molar-refractivity contribution in [1.29, 1.82) is 0 Å². The van der Waals surface area contributed by atoms with Crippen LogP contribution in [0.15, 0.2) is 42.6 Å². The van der Waals surface area contributed by atoms with Gasteiger partial charge in [0.15, 0.2) is 5.82 Å². The monoisotopic (exact) mass is 419 g/mol. The van der Waals surface area contributed by atoms with Gasteiger partial charge in [-0.25, -0.2) is 0 Å². The molecule has 0 aliphatic carbocycles. The van der Waals surface area contributed by atoms with Crippen molar-refractivity contribution in [3.63, 3.8) is 0 Å². The van der Waals surface area contributed by atoms with Gasteiger partial charge >= 0.3 is 5.97 Å². The van der Waals surface area contributed by atoms with Crippen molar-refractivity contribution in [3.8, 4) is 22.6 Å². The maximum absolute atomic E-state index is 11.9. The van der Waals surface area contributed by atoms with Gasteiger partial charge < -0.3 is 5.11 Å². The van der Waals surface area contributed by atoms with Gasteiger partial charge in [0.1, 0.15) is 0 Å². The lowest BCUT2D eigenvalue weighted by Crippen LogP contribution is -2.25. The molecule has 0 saturated heterocycles. The number of carboxylic acid groups (broad SMARTS) is 1. The molecule has 2 atom stereocenters. The largest absolute Gasteiger partial charge is 0.481 e. The van der Waals surface area contributed by atoms with Gasteiger partial charge in [0, 0.05) is 23.2 Å². The fourth-order valence-electron chi connectivity index (χ4n) is 3.59. The second kappa shape index (κ2) is 9.20. The Bertz CT molecular complexity index is 1090. The molecule has 158 valence electrons. The molecule has 3 heterocycles. The number of benzene rings is 1. The van der Waals surface area contributed by atoms with Crippen LogP contribution in [0.1, 0.15) is 37.1 Å². The van der Waals surface area contributed by atoms with Crippen LogP contribution in [0, 0.1) is 5.92 Å². The maximum atomic E-state index is 11.9. The number of nitrogens with one attached hydrogen (secondary N) is 2. The minimum absolute atomic E-state index is 0.391. The minimum Gasteiger partial charge on any atom is -0.481 e. The van der Waals surface area contributed by atoms with Gasteiger partial charge in [-0.3, -0.25) is 9.78 Å². The topological polar surface area (TPSA) is 159 Å². The van der Waals surface area contributed by atoms with Gasteiger partial charge in [0.25, 0.3) is 0 Å². The molecule has 0 amide bonds. The highest BCUT2D eigenvalue weighted by molar-refractivity contribution is 5.71. The van der Waals surface area contributed by atoms with E-state index in [1.807, 2.05) is 43.3 Å². The van der Waals surface area contributed by atoms with E-state index >= 15 is 0 Å². The molecule has 0 spiro atoms. The lowest BCUT2D eigenvalue weighted by Gasteiger charge is -2.21. The van der Waals surface area contributed by atoms with E-state index in [2.05, 4.69) is 46.2 Å². The first kappa shape index (κ1) is 20.3. The number of nitrogens with zero attached hydrogens (tertiary/aromatic N) is 7. The molecular formula is C20H21N9O2. The van der Waals surface area contributed by atoms with Crippen LogP contribution >= 0.6 is 0 Å². The molecule has 4 rings (SSSR count). The number of hydrogen-bond donors (Lipinski definition) is 3. The van der Waals surface area contributed by atoms with Crippen LogP contribution < -0.4 is 0 Å². The normalized spacial score (nSPS) is 13.1. The predicted octanol–water partition coefficient (Wildman–Crippen LogP) is 2.27. The van der Waals surface area contributed by atoms with Gasteiger partial charge in [-0.1, -0.05) is 48.9 Å². The number of aromatic amines is 2. The highest BCUT2D eigenvalue weighted by Gasteiger charge is 2.32. The van der Waals surface area contributed by atoms with Gasteiger partial charge in [-0.15, -0.1) is 20.4 Å². The molecule has 1 unspecified atom stereocenters. The lowest BCUT2D eigenvalue weighted by molar-refractivity contribution is -0.142. The summed E-state index contributed by atoms with van der Waals surface area (Å²) in [6.45, 7) is 1.96. The number of aliphatic carboxylic acids is 1. The zero-order valence-corrected chi connectivity index (χ0v) is 16.8. The molecule has 11 nitrogen and oxygen atoms in total. The van der Waals surface area contributed by atoms with E-state index < -0.39 is 17.8 Å². The third-order valence-corrected chi connectivity index (χ3v) is 5.16. The summed E-state index contributed by atoms with van der Waals surface area (Å²) in [5.74, 6) is -0.912. The average molecular weight is 419 g/mol. The third-order valence-electron chi connectivity index (χ3n) is 5.16. The summed E-state index contributed by atoms with van der Waals surface area (Å²) in [5, 5.41) is 37.8. The van der Waals surface area contributed by atoms with Crippen molar-refractivity contribution in [3.05, 3.63) is 54.0 Å². The zero-order chi connectivity index (χ0) is 21.6. The molecule has 0 radical (unpaired) electrons. The van der Waals surface area contributed by atoms with Crippen molar-refractivity contribution >= 4 is 5.97 Å². The number of hydrogen-bond acceptors (Lipinski definition) is 8. The Balaban J connectivity index is 1.53. The summed E-state index contributed by atoms with van der Waals surface area (Å²) < 4.78 is 0. The number of rotatable bonds is 9. The summed E-state index contributed by atoms with van der Waals surface area (Å²) in [4.78, 5) is 16.4. The summed E-state index contributed by atoms with van der Waals surface area (Å²) >= 11 is 0. The van der Waals surface area contributed by atoms with E-state index in [0.717, 1.165) is 28.8 Å². The Kier molecular flexibility index (Phi) is 6.01. The Hall–Kier alpha value is -4.02. The molecule has 4 aromatic rings. The van der Waals surface area contributed by atoms with Crippen LogP contribution in [-0.2, 0) is 11.2 Å². The van der Waals surface area contributed by atoms with Gasteiger partial charge in [0.2, 0.25) is 5.82 Å². The molecule has 1 aromatic carbocycles. The Morgan fingerprint density at radius 3 is 2.32 bits per heavy atom. The number of carbonyl (C=O) groups is 1. The molecule has 11 heteroatoms. The number of H-pyrrole nitrogens is 2. The molecule has 3 aromatic heterocycles. The SMILES string of the molecule is CCCC(C(=O)O)[C@H](Cc1ccc(-c2ccc(-c3nn[nH]n3)cc2)nc1)c1nn[nH]n1. The van der Waals surface area contributed by atoms with Crippen molar-refractivity contribution in [2.24, 2.45) is 5.92 Å². The second-order valence-corrected chi connectivity index (χ2v) is 7.18. The molecule has 0 aliphatic heterocycles. The first-order chi connectivity index (χ1) is 15.2. The summed E-state index contributed by atoms with van der Waals surface area (Å²) in [6.07, 6.45) is 3.51. The van der Waals surface area contributed by atoms with Gasteiger partial charge in [-0.2, -0.15) is 10.4 Å². The number of carboxylic acids is 1. The van der Waals surface area contributed by atoms with Crippen LogP contribution in [0.4, 0.5) is 0 Å². The number of pyridine rings is 1. The van der Waals surface area contributed by atoms with E-state index in [1.165, 1.54) is 0 Å². The van der Waals surface area contributed by atoms with E-state index in [1.54, 1.807) is 6.20 Å². The third kappa shape index (κ3) is 4.60. The van der Waals surface area contributed by atoms with E-state index in [0.29, 0.717) is 24.5 Å². The number of tetrazole rings is 2. The Labute approximate surface area is 177 Å². The zero-order valence-electron chi connectivity index (χ0n) is 16.8. The highest BCUT2D eigenvalue weighted by atomic mass is 16.4. The fraction of sp³-hybridized carbons (Fsp3) is 0.300. The highest BCUT2D eigenvalue weighted by Crippen LogP contribution is 2.30. The standard InChI is InChI=1S/C20H21N9O2/c1-2-3-15(20(30)31)16(19-24-28-29-25-19)10-12-4-9-17(21-11-12)13-5-7-14(8-6-13)18-22-26-27-23-18/h4-9,11,15-16H,2-3,10H2,1H3,(H,30,31)(H,22,23,26,27)(H,24,25,28,29)/t15?,16-/m0/s1. The second-order valence-electron chi connectivity index (χ2n) is 7.18. The van der Waals surface area contributed by atoms with E-state index in [4.69, 9.17) is 0 Å². The number of aromatic nitrogens is 9. The van der Waals surface area contributed by atoms with Gasteiger partial charge in [-0.05, 0) is 29.7 Å². The smallest absolute Gasteiger partial charge is 0.307 e. The molecule has 0 fully saturated rings. The lowest BCUT2D eigenvalue weighted by atomic mass is 9.83. The van der Waals surface area contributed by atoms with Crippen LogP contribution in [0.5, 0.6) is 0 Å². The van der Waals surface area contributed by atoms with Crippen molar-refractivity contribution in [2.45, 2.75) is 32.1 Å². The van der Waals surface area contributed by atoms with Crippen molar-refractivity contribution < 1.29 is 9.90 Å². The minimum atomic E-state index is -0.858. The van der Waals surface area contributed by atoms with Crippen molar-refractivity contribution in [2.75, 3.05) is 0 Å². The molecule has 31 heavy (non-hydrogen) atoms. The summed E-state index contributed by atoms with van der Waals surface area (Å²) in [5.41, 5.74) is 3.52. The van der Waals surface area contributed by atoms with Crippen LogP contribution in [0.25, 0.3) is 22.6 Å². The van der Waals surface area contributed by atoms with Crippen LogP contribution in [0.2, 0.25) is 0 Å². The maximum Gasteiger partial charge on any atom is 0.307 e. The van der Waals surface area contributed by atoms with Crippen LogP contribution in [-0.4, -0.2) is 57.3 Å². The van der Waals surface area contributed by atoms with E-state index in [-0.39, 0.29) is 0 Å². The predicted molar refractivity (Wildman–Crippen MR) is 110 cm³/mol. The Morgan fingerprint density at radius 2 is 1.74 bits per heavy atom.